The lowest BCUT2D eigenvalue weighted by atomic mass is 10.1. The summed E-state index contributed by atoms with van der Waals surface area (Å²) in [6.45, 7) is 1.85. The molecule has 104 valence electrons. The number of ether oxygens (including phenoxy) is 1. The van der Waals surface area contributed by atoms with Crippen molar-refractivity contribution in [2.45, 2.75) is 6.92 Å². The lowest BCUT2D eigenvalue weighted by molar-refractivity contribution is -0.131. The number of hydrogen-bond donors (Lipinski definition) is 1. The Morgan fingerprint density at radius 1 is 1.42 bits per heavy atom. The fourth-order valence-electron chi connectivity index (χ4n) is 1.46. The Morgan fingerprint density at radius 3 is 2.68 bits per heavy atom. The summed E-state index contributed by atoms with van der Waals surface area (Å²) >= 11 is 0. The summed E-state index contributed by atoms with van der Waals surface area (Å²) in [4.78, 5) is 10.5. The van der Waals surface area contributed by atoms with Crippen LogP contribution in [0.25, 0.3) is 6.08 Å². The Kier molecular flexibility index (Phi) is 5.11. The Morgan fingerprint density at radius 2 is 2.11 bits per heavy atom. The van der Waals surface area contributed by atoms with E-state index in [1.165, 1.54) is 6.08 Å². The molecular weight excluding hydrogens is 268 g/mol. The summed E-state index contributed by atoms with van der Waals surface area (Å²) in [5.74, 6) is -0.629. The predicted octanol–water partition coefficient (Wildman–Crippen LogP) is 1.52. The Bertz CT molecular complexity index is 587. The van der Waals surface area contributed by atoms with Crippen molar-refractivity contribution in [1.82, 2.24) is 0 Å². The number of aryl methyl sites for hydroxylation is 1. The minimum atomic E-state index is -3.08. The highest BCUT2D eigenvalue weighted by Gasteiger charge is 2.07. The van der Waals surface area contributed by atoms with Gasteiger partial charge >= 0.3 is 5.97 Å². The Balaban J connectivity index is 2.89. The number of hydrogen-bond acceptors (Lipinski definition) is 4. The minimum Gasteiger partial charge on any atom is -0.492 e. The summed E-state index contributed by atoms with van der Waals surface area (Å²) in [5.41, 5.74) is 1.43. The van der Waals surface area contributed by atoms with Crippen molar-refractivity contribution in [1.29, 1.82) is 0 Å². The lowest BCUT2D eigenvalue weighted by Crippen LogP contribution is -2.13. The summed E-state index contributed by atoms with van der Waals surface area (Å²) in [7, 11) is -3.08. The maximum absolute atomic E-state index is 11.0. The number of para-hydroxylation sites is 1. The molecule has 0 unspecified atom stereocenters. The van der Waals surface area contributed by atoms with Crippen molar-refractivity contribution >= 4 is 21.9 Å². The summed E-state index contributed by atoms with van der Waals surface area (Å²) in [6.07, 6.45) is 3.57. The van der Waals surface area contributed by atoms with E-state index in [2.05, 4.69) is 0 Å². The Hall–Kier alpha value is -1.82. The van der Waals surface area contributed by atoms with Crippen molar-refractivity contribution < 1.29 is 23.1 Å². The van der Waals surface area contributed by atoms with Gasteiger partial charge in [-0.05, 0) is 18.6 Å². The molecule has 0 aromatic heterocycles. The van der Waals surface area contributed by atoms with Crippen molar-refractivity contribution in [2.24, 2.45) is 0 Å². The molecule has 0 aliphatic carbocycles. The molecular formula is C13H16O5S. The van der Waals surface area contributed by atoms with Gasteiger partial charge in [-0.1, -0.05) is 18.2 Å². The molecule has 5 nitrogen and oxygen atoms in total. The first-order chi connectivity index (χ1) is 8.79. The van der Waals surface area contributed by atoms with Crippen LogP contribution in [0.5, 0.6) is 5.75 Å². The van der Waals surface area contributed by atoms with E-state index >= 15 is 0 Å². The van der Waals surface area contributed by atoms with Gasteiger partial charge in [-0.15, -0.1) is 0 Å². The van der Waals surface area contributed by atoms with Gasteiger partial charge in [0.1, 0.15) is 12.4 Å². The maximum Gasteiger partial charge on any atom is 0.328 e. The second-order valence-corrected chi connectivity index (χ2v) is 6.40. The number of sulfone groups is 1. The van der Waals surface area contributed by atoms with Crippen molar-refractivity contribution in [2.75, 3.05) is 18.6 Å². The molecule has 1 N–H and O–H groups in total. The number of benzene rings is 1. The lowest BCUT2D eigenvalue weighted by Gasteiger charge is -2.11. The number of rotatable bonds is 6. The van der Waals surface area contributed by atoms with E-state index in [1.54, 1.807) is 12.1 Å². The van der Waals surface area contributed by atoms with Crippen LogP contribution in [0.4, 0.5) is 0 Å². The van der Waals surface area contributed by atoms with Crippen molar-refractivity contribution in [3.05, 3.63) is 35.4 Å². The molecule has 0 amide bonds. The van der Waals surface area contributed by atoms with Crippen LogP contribution in [0.1, 0.15) is 11.1 Å². The summed E-state index contributed by atoms with van der Waals surface area (Å²) in [6, 6.07) is 5.30. The van der Waals surface area contributed by atoms with Gasteiger partial charge in [-0.3, -0.25) is 0 Å². The average molecular weight is 284 g/mol. The fourth-order valence-corrected chi connectivity index (χ4v) is 1.85. The van der Waals surface area contributed by atoms with E-state index in [1.807, 2.05) is 13.0 Å². The molecule has 0 saturated heterocycles. The molecule has 0 aliphatic heterocycles. The van der Waals surface area contributed by atoms with Crippen LogP contribution >= 0.6 is 0 Å². The van der Waals surface area contributed by atoms with Crippen molar-refractivity contribution in [3.8, 4) is 5.75 Å². The normalized spacial score (nSPS) is 11.7. The van der Waals surface area contributed by atoms with Gasteiger partial charge in [-0.25, -0.2) is 13.2 Å². The van der Waals surface area contributed by atoms with E-state index in [-0.39, 0.29) is 12.4 Å². The molecule has 0 atom stereocenters. The first kappa shape index (κ1) is 15.2. The van der Waals surface area contributed by atoms with Crippen LogP contribution in [-0.2, 0) is 14.6 Å². The molecule has 0 heterocycles. The molecule has 0 aliphatic rings. The van der Waals surface area contributed by atoms with Crippen LogP contribution in [0, 0.1) is 6.92 Å². The number of carbonyl (C=O) groups is 1. The SMILES string of the molecule is Cc1cccc(/C=C/C(=O)O)c1OCCS(C)(=O)=O. The highest BCUT2D eigenvalue weighted by molar-refractivity contribution is 7.90. The molecule has 19 heavy (non-hydrogen) atoms. The molecule has 1 rings (SSSR count). The average Bonchev–Trinajstić information content (AvgIpc) is 2.27. The second-order valence-electron chi connectivity index (χ2n) is 4.14. The fraction of sp³-hybridized carbons (Fsp3) is 0.308. The zero-order valence-corrected chi connectivity index (χ0v) is 11.6. The van der Waals surface area contributed by atoms with E-state index in [0.29, 0.717) is 11.3 Å². The molecule has 0 saturated carbocycles. The monoisotopic (exact) mass is 284 g/mol. The first-order valence-electron chi connectivity index (χ1n) is 5.61. The third kappa shape index (κ3) is 5.56. The van der Waals surface area contributed by atoms with Gasteiger partial charge in [0, 0.05) is 17.9 Å². The maximum atomic E-state index is 11.0. The third-order valence-corrected chi connectivity index (χ3v) is 3.26. The topological polar surface area (TPSA) is 80.7 Å². The zero-order chi connectivity index (χ0) is 14.5. The zero-order valence-electron chi connectivity index (χ0n) is 10.8. The van der Waals surface area contributed by atoms with Crippen LogP contribution in [0.15, 0.2) is 24.3 Å². The van der Waals surface area contributed by atoms with Crippen LogP contribution in [-0.4, -0.2) is 38.1 Å². The van der Waals surface area contributed by atoms with Gasteiger partial charge in [0.15, 0.2) is 9.84 Å². The largest absolute Gasteiger partial charge is 0.492 e. The van der Waals surface area contributed by atoms with Gasteiger partial charge < -0.3 is 9.84 Å². The van der Waals surface area contributed by atoms with E-state index in [4.69, 9.17) is 9.84 Å². The van der Waals surface area contributed by atoms with Gasteiger partial charge in [0.25, 0.3) is 0 Å². The van der Waals surface area contributed by atoms with Gasteiger partial charge in [0.05, 0.1) is 5.75 Å². The Labute approximate surface area is 112 Å². The predicted molar refractivity (Wildman–Crippen MR) is 73.1 cm³/mol. The molecule has 0 bridgehead atoms. The van der Waals surface area contributed by atoms with E-state index in [9.17, 15) is 13.2 Å². The second kappa shape index (κ2) is 6.38. The molecule has 1 aromatic carbocycles. The third-order valence-electron chi connectivity index (χ3n) is 2.35. The quantitative estimate of drug-likeness (QED) is 0.801. The standard InChI is InChI=1S/C13H16O5S/c1-10-4-3-5-11(6-7-12(14)15)13(10)18-8-9-19(2,16)17/h3-7H,8-9H2,1-2H3,(H,14,15)/b7-6+. The van der Waals surface area contributed by atoms with E-state index < -0.39 is 15.8 Å². The summed E-state index contributed by atoms with van der Waals surface area (Å²) in [5, 5.41) is 8.61. The van der Waals surface area contributed by atoms with Crippen LogP contribution < -0.4 is 4.74 Å². The van der Waals surface area contributed by atoms with Gasteiger partial charge in [-0.2, -0.15) is 0 Å². The van der Waals surface area contributed by atoms with Crippen LogP contribution in [0.2, 0.25) is 0 Å². The van der Waals surface area contributed by atoms with Gasteiger partial charge in [0.2, 0.25) is 0 Å². The molecule has 6 heteroatoms. The highest BCUT2D eigenvalue weighted by Crippen LogP contribution is 2.24. The summed E-state index contributed by atoms with van der Waals surface area (Å²) < 4.78 is 27.5. The first-order valence-corrected chi connectivity index (χ1v) is 7.67. The number of carboxylic acid groups (broad SMARTS) is 1. The van der Waals surface area contributed by atoms with Crippen LogP contribution in [0.3, 0.4) is 0 Å². The molecule has 0 radical (unpaired) electrons. The highest BCUT2D eigenvalue weighted by atomic mass is 32.2. The number of carboxylic acids is 1. The smallest absolute Gasteiger partial charge is 0.328 e. The van der Waals surface area contributed by atoms with Crippen molar-refractivity contribution in [3.63, 3.8) is 0 Å². The minimum absolute atomic E-state index is 0.0393. The molecule has 0 fully saturated rings. The number of aliphatic carboxylic acids is 1. The molecule has 1 aromatic rings. The molecule has 0 spiro atoms. The van der Waals surface area contributed by atoms with E-state index in [0.717, 1.165) is 17.9 Å².